The monoisotopic (exact) mass is 383 g/mol. The minimum Gasteiger partial charge on any atom is -0.489 e. The second-order valence-corrected chi connectivity index (χ2v) is 6.80. The van der Waals surface area contributed by atoms with Crippen molar-refractivity contribution in [2.45, 2.75) is 19.8 Å². The van der Waals surface area contributed by atoms with Crippen LogP contribution < -0.4 is 9.64 Å². The lowest BCUT2D eigenvalue weighted by Gasteiger charge is -2.28. The molecule has 0 aromatic heterocycles. The van der Waals surface area contributed by atoms with Gasteiger partial charge in [0, 0.05) is 30.8 Å². The van der Waals surface area contributed by atoms with Crippen LogP contribution in [0.1, 0.15) is 29.3 Å². The van der Waals surface area contributed by atoms with E-state index in [1.807, 2.05) is 19.1 Å². The summed E-state index contributed by atoms with van der Waals surface area (Å²) >= 11 is 0. The molecule has 0 radical (unpaired) electrons. The van der Waals surface area contributed by atoms with Gasteiger partial charge < -0.3 is 14.4 Å². The number of ether oxygens (including phenoxy) is 2. The number of hydrogen-bond acceptors (Lipinski definition) is 4. The highest BCUT2D eigenvalue weighted by molar-refractivity contribution is 5.97. The van der Waals surface area contributed by atoms with Crippen molar-refractivity contribution in [2.75, 3.05) is 37.8 Å². The molecular weight excluding hydrogens is 357 g/mol. The van der Waals surface area contributed by atoms with Crippen molar-refractivity contribution < 1.29 is 18.7 Å². The largest absolute Gasteiger partial charge is 0.489 e. The average molecular weight is 383 g/mol. The zero-order valence-electron chi connectivity index (χ0n) is 16.2. The molecule has 0 spiro atoms. The highest BCUT2D eigenvalue weighted by Gasteiger charge is 2.12. The molecule has 148 valence electrons. The van der Waals surface area contributed by atoms with Crippen LogP contribution in [0.15, 0.2) is 60.4 Å². The molecule has 4 nitrogen and oxygen atoms in total. The van der Waals surface area contributed by atoms with Gasteiger partial charge in [0.05, 0.1) is 19.5 Å². The van der Waals surface area contributed by atoms with Crippen molar-refractivity contribution in [3.8, 4) is 5.75 Å². The summed E-state index contributed by atoms with van der Waals surface area (Å²) in [5, 5.41) is 0. The first-order valence-corrected chi connectivity index (χ1v) is 9.65. The lowest BCUT2D eigenvalue weighted by molar-refractivity contribution is 0.0993. The van der Waals surface area contributed by atoms with E-state index in [2.05, 4.69) is 17.0 Å². The van der Waals surface area contributed by atoms with Crippen molar-refractivity contribution in [1.82, 2.24) is 0 Å². The van der Waals surface area contributed by atoms with Gasteiger partial charge in [0.25, 0.3) is 0 Å². The number of benzene rings is 2. The van der Waals surface area contributed by atoms with Crippen molar-refractivity contribution in [3.05, 3.63) is 71.6 Å². The number of rotatable bonds is 8. The lowest BCUT2D eigenvalue weighted by atomic mass is 10.0. The van der Waals surface area contributed by atoms with Gasteiger partial charge in [0.1, 0.15) is 12.4 Å². The fourth-order valence-electron chi connectivity index (χ4n) is 3.06. The molecule has 1 fully saturated rings. The van der Waals surface area contributed by atoms with E-state index in [4.69, 9.17) is 9.47 Å². The van der Waals surface area contributed by atoms with Crippen LogP contribution >= 0.6 is 0 Å². The van der Waals surface area contributed by atoms with Gasteiger partial charge in [-0.2, -0.15) is 0 Å². The van der Waals surface area contributed by atoms with E-state index in [0.717, 1.165) is 37.6 Å². The Morgan fingerprint density at radius 1 is 1.11 bits per heavy atom. The van der Waals surface area contributed by atoms with Crippen LogP contribution in [-0.2, 0) is 11.2 Å². The molecule has 1 aliphatic rings. The Bertz CT molecular complexity index is 794. The predicted octanol–water partition coefficient (Wildman–Crippen LogP) is 4.59. The van der Waals surface area contributed by atoms with E-state index < -0.39 is 0 Å². The minimum absolute atomic E-state index is 0.0589. The molecule has 0 unspecified atom stereocenters. The fourth-order valence-corrected chi connectivity index (χ4v) is 3.06. The Morgan fingerprint density at radius 2 is 1.79 bits per heavy atom. The Kier molecular flexibility index (Phi) is 7.20. The summed E-state index contributed by atoms with van der Waals surface area (Å²) in [7, 11) is 0. The third-order valence-corrected chi connectivity index (χ3v) is 4.89. The van der Waals surface area contributed by atoms with Crippen LogP contribution in [0.25, 0.3) is 0 Å². The number of morpholine rings is 1. The number of ketones is 1. The van der Waals surface area contributed by atoms with Gasteiger partial charge in [0.2, 0.25) is 0 Å². The molecule has 1 heterocycles. The first-order chi connectivity index (χ1) is 13.7. The number of hydrogen-bond donors (Lipinski definition) is 0. The van der Waals surface area contributed by atoms with E-state index >= 15 is 0 Å². The summed E-state index contributed by atoms with van der Waals surface area (Å²) in [6, 6.07) is 15.2. The average Bonchev–Trinajstić information content (AvgIpc) is 2.76. The molecule has 2 aromatic carbocycles. The maximum absolute atomic E-state index is 12.6. The van der Waals surface area contributed by atoms with E-state index in [1.54, 1.807) is 24.3 Å². The Morgan fingerprint density at radius 3 is 2.39 bits per heavy atom. The Balaban J connectivity index is 1.55. The van der Waals surface area contributed by atoms with Crippen LogP contribution in [0.2, 0.25) is 0 Å². The maximum Gasteiger partial charge on any atom is 0.167 e. The summed E-state index contributed by atoms with van der Waals surface area (Å²) < 4.78 is 23.5. The van der Waals surface area contributed by atoms with Crippen molar-refractivity contribution >= 4 is 11.5 Å². The van der Waals surface area contributed by atoms with Gasteiger partial charge in [-0.1, -0.05) is 19.1 Å². The standard InChI is InChI=1S/C23H26FNO3/c1-2-18(16-24)17-28-22-9-5-20(6-10-22)23(26)15-19-3-7-21(8-4-19)25-11-13-27-14-12-25/h3-10,16H,2,11-15,17H2,1H3. The predicted molar refractivity (Wildman–Crippen MR) is 109 cm³/mol. The van der Waals surface area contributed by atoms with Gasteiger partial charge in [-0.15, -0.1) is 0 Å². The number of carbonyl (C=O) groups excluding carboxylic acids is 1. The molecule has 3 rings (SSSR count). The van der Waals surface area contributed by atoms with E-state index in [1.165, 1.54) is 0 Å². The Hall–Kier alpha value is -2.66. The van der Waals surface area contributed by atoms with E-state index in [-0.39, 0.29) is 12.4 Å². The zero-order valence-corrected chi connectivity index (χ0v) is 16.2. The Labute approximate surface area is 165 Å². The van der Waals surface area contributed by atoms with Crippen LogP contribution in [0, 0.1) is 0 Å². The van der Waals surface area contributed by atoms with Gasteiger partial charge in [-0.05, 0) is 54.0 Å². The van der Waals surface area contributed by atoms with Crippen molar-refractivity contribution in [2.24, 2.45) is 0 Å². The number of halogens is 1. The number of anilines is 1. The number of carbonyl (C=O) groups is 1. The summed E-state index contributed by atoms with van der Waals surface area (Å²) in [5.74, 6) is 0.683. The van der Waals surface area contributed by atoms with Crippen molar-refractivity contribution in [1.29, 1.82) is 0 Å². The summed E-state index contributed by atoms with van der Waals surface area (Å²) in [6.07, 6.45) is 1.55. The van der Waals surface area contributed by atoms with Gasteiger partial charge in [0.15, 0.2) is 5.78 Å². The number of nitrogens with zero attached hydrogens (tertiary/aromatic N) is 1. The molecule has 0 amide bonds. The maximum atomic E-state index is 12.6. The first kappa shape index (κ1) is 20.1. The van der Waals surface area contributed by atoms with Crippen LogP contribution in [-0.4, -0.2) is 38.7 Å². The van der Waals surface area contributed by atoms with Crippen LogP contribution in [0.4, 0.5) is 10.1 Å². The third kappa shape index (κ3) is 5.42. The van der Waals surface area contributed by atoms with Gasteiger partial charge in [-0.25, -0.2) is 4.39 Å². The SMILES string of the molecule is CCC(=CF)COc1ccc(C(=O)Cc2ccc(N3CCOCC3)cc2)cc1. The van der Waals surface area contributed by atoms with Crippen LogP contribution in [0.3, 0.4) is 0 Å². The molecular formula is C23H26FNO3. The molecule has 0 N–H and O–H groups in total. The first-order valence-electron chi connectivity index (χ1n) is 9.65. The minimum atomic E-state index is 0.0589. The molecule has 1 aliphatic heterocycles. The molecule has 0 bridgehead atoms. The molecule has 0 atom stereocenters. The second-order valence-electron chi connectivity index (χ2n) is 6.80. The fraction of sp³-hybridized carbons (Fsp3) is 0.348. The number of Topliss-reactive ketones (excluding diaryl/α,β-unsaturated/α-hetero) is 1. The summed E-state index contributed by atoms with van der Waals surface area (Å²) in [5.41, 5.74) is 3.39. The third-order valence-electron chi connectivity index (χ3n) is 4.89. The summed E-state index contributed by atoms with van der Waals surface area (Å²) in [6.45, 7) is 5.40. The van der Waals surface area contributed by atoms with Gasteiger partial charge >= 0.3 is 0 Å². The molecule has 1 saturated heterocycles. The normalized spacial score (nSPS) is 14.8. The lowest BCUT2D eigenvalue weighted by Crippen LogP contribution is -2.36. The molecule has 28 heavy (non-hydrogen) atoms. The highest BCUT2D eigenvalue weighted by Crippen LogP contribution is 2.19. The summed E-state index contributed by atoms with van der Waals surface area (Å²) in [4.78, 5) is 14.8. The zero-order chi connectivity index (χ0) is 19.8. The van der Waals surface area contributed by atoms with Crippen molar-refractivity contribution in [3.63, 3.8) is 0 Å². The topological polar surface area (TPSA) is 38.8 Å². The quantitative estimate of drug-likeness (QED) is 0.625. The molecule has 0 saturated carbocycles. The van der Waals surface area contributed by atoms with E-state index in [0.29, 0.717) is 36.1 Å². The van der Waals surface area contributed by atoms with Gasteiger partial charge in [-0.3, -0.25) is 4.79 Å². The van der Waals surface area contributed by atoms with Crippen LogP contribution in [0.5, 0.6) is 5.75 Å². The highest BCUT2D eigenvalue weighted by atomic mass is 19.1. The smallest absolute Gasteiger partial charge is 0.167 e. The molecule has 2 aromatic rings. The van der Waals surface area contributed by atoms with E-state index in [9.17, 15) is 9.18 Å². The molecule has 5 heteroatoms. The molecule has 0 aliphatic carbocycles. The second kappa shape index (κ2) is 10.0.